The zero-order chi connectivity index (χ0) is 22.4. The summed E-state index contributed by atoms with van der Waals surface area (Å²) in [5, 5.41) is 9.03. The molecule has 0 bridgehead atoms. The maximum Gasteiger partial charge on any atom is 0.573 e. The fourth-order valence-corrected chi connectivity index (χ4v) is 4.23. The number of ether oxygens (including phenoxy) is 3. The highest BCUT2D eigenvalue weighted by Crippen LogP contribution is 2.34. The van der Waals surface area contributed by atoms with E-state index in [1.54, 1.807) is 23.7 Å². The van der Waals surface area contributed by atoms with Crippen molar-refractivity contribution in [3.63, 3.8) is 0 Å². The number of hydrogen-bond donors (Lipinski definition) is 2. The minimum absolute atomic E-state index is 0.0863. The molecule has 2 aromatic rings. The van der Waals surface area contributed by atoms with Crippen LogP contribution in [0.3, 0.4) is 0 Å². The number of nitrogens with one attached hydrogen (secondary N) is 1. The molecular weight excluding hydrogens is 437 g/mol. The van der Waals surface area contributed by atoms with E-state index < -0.39 is 12.3 Å². The second-order valence-corrected chi connectivity index (χ2v) is 7.77. The quantitative estimate of drug-likeness (QED) is 0.365. The summed E-state index contributed by atoms with van der Waals surface area (Å²) in [6, 6.07) is 10.5. The Labute approximate surface area is 181 Å². The van der Waals surface area contributed by atoms with Crippen molar-refractivity contribution in [3.8, 4) is 17.2 Å². The van der Waals surface area contributed by atoms with Crippen molar-refractivity contribution in [3.05, 3.63) is 48.0 Å². The van der Waals surface area contributed by atoms with E-state index in [9.17, 15) is 18.0 Å². The zero-order valence-electron chi connectivity index (χ0n) is 16.5. The van der Waals surface area contributed by atoms with Gasteiger partial charge in [0.1, 0.15) is 23.4 Å². The van der Waals surface area contributed by atoms with Gasteiger partial charge in [-0.2, -0.15) is 0 Å². The number of piperidine rings is 1. The second kappa shape index (κ2) is 10.1. The van der Waals surface area contributed by atoms with Crippen molar-refractivity contribution in [2.75, 3.05) is 20.2 Å². The minimum Gasteiger partial charge on any atom is -0.496 e. The fraction of sp³-hybridized carbons (Fsp3) is 0.350. The number of halogens is 3. The number of nitrogens with zero attached hydrogens (tertiary/aromatic N) is 1. The molecule has 0 aliphatic carbocycles. The van der Waals surface area contributed by atoms with E-state index in [0.29, 0.717) is 42.3 Å². The van der Waals surface area contributed by atoms with Crippen molar-refractivity contribution >= 4 is 17.9 Å². The third-order valence-electron chi connectivity index (χ3n) is 4.52. The number of hydroxylamine groups is 1. The lowest BCUT2D eigenvalue weighted by Gasteiger charge is -2.31. The lowest BCUT2D eigenvalue weighted by molar-refractivity contribution is -0.274. The van der Waals surface area contributed by atoms with E-state index in [4.69, 9.17) is 14.7 Å². The lowest BCUT2D eigenvalue weighted by Crippen LogP contribution is -2.34. The Morgan fingerprint density at radius 3 is 2.35 bits per heavy atom. The average molecular weight is 458 g/mol. The number of carbonyl (C=O) groups excluding carboxylic acids is 1. The van der Waals surface area contributed by atoms with Gasteiger partial charge in [-0.25, -0.2) is 9.79 Å². The molecule has 31 heavy (non-hydrogen) atoms. The Morgan fingerprint density at radius 2 is 1.77 bits per heavy atom. The molecule has 0 saturated carbocycles. The van der Waals surface area contributed by atoms with Gasteiger partial charge in [-0.1, -0.05) is 6.07 Å². The largest absolute Gasteiger partial charge is 0.573 e. The normalized spacial score (nSPS) is 15.4. The summed E-state index contributed by atoms with van der Waals surface area (Å²) in [6.07, 6.45) is -3.43. The lowest BCUT2D eigenvalue weighted by atomic mass is 10.1. The fourth-order valence-electron chi connectivity index (χ4n) is 3.13. The van der Waals surface area contributed by atoms with E-state index in [1.165, 1.54) is 43.3 Å². The van der Waals surface area contributed by atoms with Crippen LogP contribution in [0.25, 0.3) is 0 Å². The molecule has 3 rings (SSSR count). The van der Waals surface area contributed by atoms with Gasteiger partial charge in [0.2, 0.25) is 0 Å². The predicted molar refractivity (Wildman–Crippen MR) is 106 cm³/mol. The van der Waals surface area contributed by atoms with Crippen LogP contribution in [0.5, 0.6) is 17.2 Å². The summed E-state index contributed by atoms with van der Waals surface area (Å²) in [5.41, 5.74) is 1.89. The van der Waals surface area contributed by atoms with Crippen molar-refractivity contribution in [1.29, 1.82) is 0 Å². The Kier molecular flexibility index (Phi) is 7.52. The second-order valence-electron chi connectivity index (χ2n) is 6.63. The van der Waals surface area contributed by atoms with Crippen molar-refractivity contribution in [2.24, 2.45) is 0 Å². The molecule has 2 N–H and O–H groups in total. The molecule has 168 valence electrons. The van der Waals surface area contributed by atoms with Crippen molar-refractivity contribution < 1.29 is 37.4 Å². The molecule has 7 nitrogen and oxygen atoms in total. The summed E-state index contributed by atoms with van der Waals surface area (Å²) in [7, 11) is 1.45. The van der Waals surface area contributed by atoms with Gasteiger partial charge in [0, 0.05) is 18.0 Å². The van der Waals surface area contributed by atoms with Crippen LogP contribution in [0.15, 0.2) is 47.4 Å². The van der Waals surface area contributed by atoms with Crippen LogP contribution in [-0.4, -0.2) is 48.1 Å². The number of amides is 1. The van der Waals surface area contributed by atoms with E-state index in [2.05, 4.69) is 9.04 Å². The van der Waals surface area contributed by atoms with Crippen LogP contribution in [0.4, 0.5) is 13.2 Å². The highest BCUT2D eigenvalue weighted by Gasteiger charge is 2.31. The van der Waals surface area contributed by atoms with Gasteiger partial charge in [0.05, 0.1) is 12.7 Å². The van der Waals surface area contributed by atoms with Crippen molar-refractivity contribution in [2.45, 2.75) is 30.2 Å². The zero-order valence-corrected chi connectivity index (χ0v) is 17.3. The summed E-state index contributed by atoms with van der Waals surface area (Å²) >= 11 is 1.38. The van der Waals surface area contributed by atoms with Crippen LogP contribution in [-0.2, 0) is 0 Å². The molecule has 2 aromatic carbocycles. The van der Waals surface area contributed by atoms with E-state index in [0.717, 1.165) is 0 Å². The molecule has 1 aliphatic heterocycles. The topological polar surface area (TPSA) is 80.3 Å². The monoisotopic (exact) mass is 458 g/mol. The Hall–Kier alpha value is -2.63. The predicted octanol–water partition coefficient (Wildman–Crippen LogP) is 4.26. The first-order chi connectivity index (χ1) is 14.8. The third kappa shape index (κ3) is 6.42. The van der Waals surface area contributed by atoms with Gasteiger partial charge in [-0.05, 0) is 61.2 Å². The van der Waals surface area contributed by atoms with Crippen LogP contribution in [0.2, 0.25) is 0 Å². The summed E-state index contributed by atoms with van der Waals surface area (Å²) in [6.45, 7) is 1.34. The highest BCUT2D eigenvalue weighted by atomic mass is 32.2. The number of benzene rings is 2. The van der Waals surface area contributed by atoms with Crippen molar-refractivity contribution in [1.82, 2.24) is 9.79 Å². The first-order valence-corrected chi connectivity index (χ1v) is 10.1. The minimum atomic E-state index is -4.73. The molecule has 11 heteroatoms. The molecule has 1 amide bonds. The molecule has 1 heterocycles. The van der Waals surface area contributed by atoms with Gasteiger partial charge in [-0.3, -0.25) is 10.0 Å². The van der Waals surface area contributed by atoms with Gasteiger partial charge >= 0.3 is 6.36 Å². The molecule has 0 aromatic heterocycles. The standard InChI is InChI=1S/C20H21F3N2O5S/c1-28-16-3-2-4-17(18(16)19(26)24-27)31-25-11-9-14(10-12-25)29-13-5-7-15(8-6-13)30-20(21,22)23/h2-8,14,27H,9-12H2,1H3,(H,24,26). The molecule has 0 unspecified atom stereocenters. The maximum atomic E-state index is 12.2. The SMILES string of the molecule is COc1cccc(SN2CCC(Oc3ccc(OC(F)(F)F)cc3)CC2)c1C(=O)NO. The van der Waals surface area contributed by atoms with Crippen LogP contribution < -0.4 is 19.7 Å². The van der Waals surface area contributed by atoms with E-state index >= 15 is 0 Å². The number of rotatable bonds is 7. The Bertz CT molecular complexity index is 887. The molecular formula is C20H21F3N2O5S. The highest BCUT2D eigenvalue weighted by molar-refractivity contribution is 7.97. The summed E-state index contributed by atoms with van der Waals surface area (Å²) in [5.74, 6) is -0.133. The van der Waals surface area contributed by atoms with Crippen LogP contribution in [0.1, 0.15) is 23.2 Å². The van der Waals surface area contributed by atoms with Gasteiger partial charge < -0.3 is 14.2 Å². The third-order valence-corrected chi connectivity index (χ3v) is 5.69. The number of methoxy groups -OCH3 is 1. The van der Waals surface area contributed by atoms with Gasteiger partial charge in [0.15, 0.2) is 0 Å². The summed E-state index contributed by atoms with van der Waals surface area (Å²) < 4.78 is 53.7. The molecule has 1 saturated heterocycles. The number of hydrogen-bond acceptors (Lipinski definition) is 7. The van der Waals surface area contributed by atoms with Crippen LogP contribution >= 0.6 is 11.9 Å². The molecule has 0 atom stereocenters. The van der Waals surface area contributed by atoms with E-state index in [-0.39, 0.29) is 17.4 Å². The molecule has 0 spiro atoms. The van der Waals surface area contributed by atoms with Gasteiger partial charge in [0.25, 0.3) is 5.91 Å². The molecule has 0 radical (unpaired) electrons. The number of carbonyl (C=O) groups is 1. The summed E-state index contributed by atoms with van der Waals surface area (Å²) in [4.78, 5) is 12.7. The maximum absolute atomic E-state index is 12.2. The molecule has 1 fully saturated rings. The first-order valence-electron chi connectivity index (χ1n) is 9.36. The number of alkyl halides is 3. The van der Waals surface area contributed by atoms with Crippen LogP contribution in [0, 0.1) is 0 Å². The van der Waals surface area contributed by atoms with E-state index in [1.807, 2.05) is 0 Å². The Morgan fingerprint density at radius 1 is 1.13 bits per heavy atom. The van der Waals surface area contributed by atoms with Gasteiger partial charge in [-0.15, -0.1) is 13.2 Å². The Balaban J connectivity index is 1.55. The average Bonchev–Trinajstić information content (AvgIpc) is 2.74. The smallest absolute Gasteiger partial charge is 0.496 e. The molecule has 1 aliphatic rings. The first kappa shape index (κ1) is 23.0.